The fraction of sp³-hybridized carbons (Fsp3) is 0.304. The van der Waals surface area contributed by atoms with Gasteiger partial charge in [-0.25, -0.2) is 18.0 Å². The fourth-order valence-electron chi connectivity index (χ4n) is 4.77. The largest absolute Gasteiger partial charge is 0.479 e. The lowest BCUT2D eigenvalue weighted by atomic mass is 9.68. The van der Waals surface area contributed by atoms with E-state index >= 15 is 0 Å². The number of rotatable bonds is 4. The molecule has 1 saturated carbocycles. The summed E-state index contributed by atoms with van der Waals surface area (Å²) in [4.78, 5) is 11.3. The Labute approximate surface area is 175 Å². The van der Waals surface area contributed by atoms with E-state index in [0.717, 1.165) is 45.2 Å². The van der Waals surface area contributed by atoms with E-state index in [2.05, 4.69) is 10.2 Å². The minimum atomic E-state index is -2.24. The Bertz CT molecular complexity index is 1350. The molecule has 2 heterocycles. The summed E-state index contributed by atoms with van der Waals surface area (Å²) in [6.07, 6.45) is 1.42. The Morgan fingerprint density at radius 3 is 2.61 bits per heavy atom. The lowest BCUT2D eigenvalue weighted by Gasteiger charge is -2.39. The van der Waals surface area contributed by atoms with Gasteiger partial charge in [0.25, 0.3) is 0 Å². The van der Waals surface area contributed by atoms with Crippen molar-refractivity contribution >= 4 is 27.8 Å². The summed E-state index contributed by atoms with van der Waals surface area (Å²) in [5, 5.41) is 17.9. The number of H-pyrrole nitrogens is 1. The van der Waals surface area contributed by atoms with Crippen LogP contribution in [0.3, 0.4) is 0 Å². The number of aromatic amines is 1. The highest BCUT2D eigenvalue weighted by Crippen LogP contribution is 2.52. The third-order valence-corrected chi connectivity index (χ3v) is 6.24. The highest BCUT2D eigenvalue weighted by molar-refractivity contribution is 5.99. The summed E-state index contributed by atoms with van der Waals surface area (Å²) in [6, 6.07) is 7.54. The van der Waals surface area contributed by atoms with Gasteiger partial charge in [-0.1, -0.05) is 13.8 Å². The van der Waals surface area contributed by atoms with Gasteiger partial charge in [0.1, 0.15) is 0 Å². The standard InChI is InChI=1S/C23H20F3N3O2/c1-11(2)21-20(13-8-23(26,9-13)22(30)31)15-7-18-12(10-27-28-18)5-19(15)29(21)14-3-4-16(24)17(25)6-14/h3-7,10-11,13H,8-9H2,1-2H3,(H,27,28)(H,30,31)/t13-,23+. The summed E-state index contributed by atoms with van der Waals surface area (Å²) < 4.78 is 44.2. The average Bonchev–Trinajstić information content (AvgIpc) is 3.27. The van der Waals surface area contributed by atoms with E-state index in [-0.39, 0.29) is 24.7 Å². The monoisotopic (exact) mass is 427 g/mol. The van der Waals surface area contributed by atoms with Crippen molar-refractivity contribution in [2.45, 2.75) is 44.2 Å². The second kappa shape index (κ2) is 6.60. The van der Waals surface area contributed by atoms with Crippen molar-refractivity contribution < 1.29 is 23.1 Å². The molecule has 4 aromatic rings. The van der Waals surface area contributed by atoms with Gasteiger partial charge in [-0.3, -0.25) is 5.10 Å². The van der Waals surface area contributed by atoms with Gasteiger partial charge in [-0.15, -0.1) is 0 Å². The predicted molar refractivity (Wildman–Crippen MR) is 110 cm³/mol. The quantitative estimate of drug-likeness (QED) is 0.447. The van der Waals surface area contributed by atoms with Crippen LogP contribution in [-0.4, -0.2) is 31.5 Å². The van der Waals surface area contributed by atoms with Gasteiger partial charge < -0.3 is 9.67 Å². The SMILES string of the molecule is CC(C)c1c([C@H]2C[C@](F)(C(=O)O)C2)c2cc3[nH]ncc3cc2n1-c1ccc(F)c(F)c1. The molecule has 1 fully saturated rings. The van der Waals surface area contributed by atoms with Crippen LogP contribution >= 0.6 is 0 Å². The van der Waals surface area contributed by atoms with E-state index < -0.39 is 23.3 Å². The Hall–Kier alpha value is -3.29. The minimum absolute atomic E-state index is 0.0357. The molecule has 2 aromatic heterocycles. The van der Waals surface area contributed by atoms with Crippen LogP contribution in [0, 0.1) is 11.6 Å². The van der Waals surface area contributed by atoms with Gasteiger partial charge >= 0.3 is 5.97 Å². The van der Waals surface area contributed by atoms with E-state index in [1.165, 1.54) is 6.07 Å². The maximum absolute atomic E-state index is 14.6. The normalized spacial score (nSPS) is 21.2. The number of carboxylic acid groups (broad SMARTS) is 1. The Kier molecular flexibility index (Phi) is 4.19. The van der Waals surface area contributed by atoms with E-state index in [0.29, 0.717) is 5.69 Å². The van der Waals surface area contributed by atoms with E-state index in [1.54, 1.807) is 6.20 Å². The van der Waals surface area contributed by atoms with Crippen LogP contribution in [0.5, 0.6) is 0 Å². The van der Waals surface area contributed by atoms with Crippen LogP contribution in [0.25, 0.3) is 27.5 Å². The number of halogens is 3. The first kappa shape index (κ1) is 19.7. The summed E-state index contributed by atoms with van der Waals surface area (Å²) in [6.45, 7) is 3.94. The number of benzene rings is 2. The third kappa shape index (κ3) is 2.85. The Balaban J connectivity index is 1.82. The van der Waals surface area contributed by atoms with Crippen LogP contribution in [0.4, 0.5) is 13.2 Å². The maximum atomic E-state index is 14.6. The second-order valence-electron chi connectivity index (χ2n) is 8.59. The molecule has 2 N–H and O–H groups in total. The molecular formula is C23H20F3N3O2. The number of hydrogen-bond donors (Lipinski definition) is 2. The lowest BCUT2D eigenvalue weighted by molar-refractivity contribution is -0.158. The molecule has 1 aliphatic rings. The van der Waals surface area contributed by atoms with Crippen molar-refractivity contribution in [3.63, 3.8) is 0 Å². The maximum Gasteiger partial charge on any atom is 0.341 e. The molecule has 8 heteroatoms. The zero-order chi connectivity index (χ0) is 22.1. The number of carboxylic acids is 1. The Morgan fingerprint density at radius 1 is 1.23 bits per heavy atom. The van der Waals surface area contributed by atoms with Crippen LogP contribution in [0.15, 0.2) is 36.5 Å². The summed E-state index contributed by atoms with van der Waals surface area (Å²) in [5.41, 5.74) is 1.43. The number of alkyl halides is 1. The number of nitrogens with one attached hydrogen (secondary N) is 1. The highest BCUT2D eigenvalue weighted by atomic mass is 19.2. The molecule has 0 saturated heterocycles. The lowest BCUT2D eigenvalue weighted by Crippen LogP contribution is -2.45. The molecule has 5 rings (SSSR count). The molecule has 0 radical (unpaired) electrons. The molecule has 2 aromatic carbocycles. The van der Waals surface area contributed by atoms with Crippen molar-refractivity contribution in [1.82, 2.24) is 14.8 Å². The number of hydrogen-bond acceptors (Lipinski definition) is 2. The van der Waals surface area contributed by atoms with E-state index in [9.17, 15) is 23.1 Å². The molecule has 31 heavy (non-hydrogen) atoms. The molecule has 0 amide bonds. The molecule has 160 valence electrons. The first-order valence-corrected chi connectivity index (χ1v) is 10.1. The number of carbonyl (C=O) groups is 1. The number of aliphatic carboxylic acids is 1. The molecule has 0 aliphatic heterocycles. The predicted octanol–water partition coefficient (Wildman–Crippen LogP) is 5.58. The molecule has 5 nitrogen and oxygen atoms in total. The number of aromatic nitrogens is 3. The van der Waals surface area contributed by atoms with Crippen molar-refractivity contribution in [1.29, 1.82) is 0 Å². The topological polar surface area (TPSA) is 70.9 Å². The van der Waals surface area contributed by atoms with Crippen LogP contribution in [0.1, 0.15) is 49.8 Å². The second-order valence-corrected chi connectivity index (χ2v) is 8.59. The zero-order valence-electron chi connectivity index (χ0n) is 16.9. The van der Waals surface area contributed by atoms with Gasteiger partial charge in [-0.2, -0.15) is 5.10 Å². The van der Waals surface area contributed by atoms with Crippen molar-refractivity contribution in [3.8, 4) is 5.69 Å². The highest BCUT2D eigenvalue weighted by Gasteiger charge is 2.53. The van der Waals surface area contributed by atoms with Gasteiger partial charge in [0, 0.05) is 28.2 Å². The summed E-state index contributed by atoms with van der Waals surface area (Å²) >= 11 is 0. The molecule has 0 atom stereocenters. The molecular weight excluding hydrogens is 407 g/mol. The third-order valence-electron chi connectivity index (χ3n) is 6.24. The first-order chi connectivity index (χ1) is 14.7. The average molecular weight is 427 g/mol. The van der Waals surface area contributed by atoms with Gasteiger partial charge in [0.05, 0.1) is 17.2 Å². The number of nitrogens with zero attached hydrogens (tertiary/aromatic N) is 2. The molecule has 1 aliphatic carbocycles. The summed E-state index contributed by atoms with van der Waals surface area (Å²) in [5.74, 6) is -3.68. The van der Waals surface area contributed by atoms with Crippen molar-refractivity contribution in [2.24, 2.45) is 0 Å². The molecule has 0 spiro atoms. The minimum Gasteiger partial charge on any atom is -0.479 e. The van der Waals surface area contributed by atoms with E-state index in [4.69, 9.17) is 0 Å². The molecule has 0 unspecified atom stereocenters. The first-order valence-electron chi connectivity index (χ1n) is 10.1. The van der Waals surface area contributed by atoms with Gasteiger partial charge in [0.15, 0.2) is 11.6 Å². The Morgan fingerprint density at radius 2 is 1.97 bits per heavy atom. The van der Waals surface area contributed by atoms with Crippen molar-refractivity contribution in [3.05, 3.63) is 59.4 Å². The van der Waals surface area contributed by atoms with Gasteiger partial charge in [0.2, 0.25) is 5.67 Å². The van der Waals surface area contributed by atoms with Crippen molar-refractivity contribution in [2.75, 3.05) is 0 Å². The number of fused-ring (bicyclic) bond motifs is 2. The van der Waals surface area contributed by atoms with E-state index in [1.807, 2.05) is 30.5 Å². The zero-order valence-corrected chi connectivity index (χ0v) is 16.9. The fourth-order valence-corrected chi connectivity index (χ4v) is 4.77. The smallest absolute Gasteiger partial charge is 0.341 e. The summed E-state index contributed by atoms with van der Waals surface area (Å²) in [7, 11) is 0. The van der Waals surface area contributed by atoms with Crippen LogP contribution in [-0.2, 0) is 4.79 Å². The van der Waals surface area contributed by atoms with Gasteiger partial charge in [-0.05, 0) is 54.5 Å². The molecule has 0 bridgehead atoms. The van der Waals surface area contributed by atoms with Crippen LogP contribution in [0.2, 0.25) is 0 Å². The van der Waals surface area contributed by atoms with Crippen LogP contribution < -0.4 is 0 Å².